The summed E-state index contributed by atoms with van der Waals surface area (Å²) in [5.74, 6) is -0.421. The third kappa shape index (κ3) is 3.51. The predicted molar refractivity (Wildman–Crippen MR) is 107 cm³/mol. The van der Waals surface area contributed by atoms with Crippen LogP contribution in [0.25, 0.3) is 10.2 Å². The Morgan fingerprint density at radius 2 is 1.96 bits per heavy atom. The molecule has 4 nitrogen and oxygen atoms in total. The molecule has 3 aromatic rings. The van der Waals surface area contributed by atoms with Crippen molar-refractivity contribution < 1.29 is 13.9 Å². The third-order valence-electron chi connectivity index (χ3n) is 5.26. The first-order valence-corrected chi connectivity index (χ1v) is 10.1. The van der Waals surface area contributed by atoms with E-state index in [0.717, 1.165) is 23.3 Å². The number of benzene rings is 1. The van der Waals surface area contributed by atoms with Gasteiger partial charge in [0.1, 0.15) is 16.4 Å². The Hall–Kier alpha value is -2.18. The van der Waals surface area contributed by atoms with Crippen LogP contribution in [0.3, 0.4) is 0 Å². The van der Waals surface area contributed by atoms with E-state index < -0.39 is 5.82 Å². The Bertz CT molecular complexity index is 986. The van der Waals surface area contributed by atoms with Crippen molar-refractivity contribution in [3.05, 3.63) is 52.3 Å². The second-order valence-corrected chi connectivity index (χ2v) is 8.06. The van der Waals surface area contributed by atoms with Crippen LogP contribution >= 0.6 is 11.3 Å². The maximum Gasteiger partial charge on any atom is 0.205 e. The number of ether oxygens (including phenoxy) is 1. The molecular formula is C21H23FN2O2S. The summed E-state index contributed by atoms with van der Waals surface area (Å²) in [5, 5.41) is 1.05. The van der Waals surface area contributed by atoms with Crippen molar-refractivity contribution in [2.75, 3.05) is 26.7 Å². The Morgan fingerprint density at radius 3 is 2.67 bits per heavy atom. The van der Waals surface area contributed by atoms with Crippen LogP contribution < -0.4 is 4.74 Å². The van der Waals surface area contributed by atoms with Crippen molar-refractivity contribution in [1.82, 2.24) is 9.47 Å². The molecular weight excluding hydrogens is 363 g/mol. The number of ketones is 1. The number of methoxy groups -OCH3 is 1. The Labute approximate surface area is 162 Å². The number of aryl methyl sites for hydroxylation is 1. The SMILES string of the molecule is COc1ccc(C(=O)c2cc3cc(C)n(CCN4CCCC4)c3s2)c(F)c1. The first-order valence-electron chi connectivity index (χ1n) is 9.27. The maximum atomic E-state index is 14.3. The maximum absolute atomic E-state index is 14.3. The number of nitrogens with zero attached hydrogens (tertiary/aromatic N) is 2. The average molecular weight is 386 g/mol. The van der Waals surface area contributed by atoms with Crippen molar-refractivity contribution in [3.8, 4) is 5.75 Å². The monoisotopic (exact) mass is 386 g/mol. The molecule has 1 aliphatic rings. The smallest absolute Gasteiger partial charge is 0.205 e. The van der Waals surface area contributed by atoms with Gasteiger partial charge in [0.25, 0.3) is 0 Å². The Balaban J connectivity index is 1.60. The van der Waals surface area contributed by atoms with Crippen molar-refractivity contribution in [3.63, 3.8) is 0 Å². The second kappa shape index (κ2) is 7.44. The minimum absolute atomic E-state index is 0.0834. The van der Waals surface area contributed by atoms with Gasteiger partial charge in [0.2, 0.25) is 5.78 Å². The molecule has 0 aliphatic carbocycles. The van der Waals surface area contributed by atoms with Gasteiger partial charge in [0, 0.05) is 30.2 Å². The number of carbonyl (C=O) groups is 1. The van der Waals surface area contributed by atoms with Crippen LogP contribution in [0.5, 0.6) is 5.75 Å². The summed E-state index contributed by atoms with van der Waals surface area (Å²) in [6.07, 6.45) is 2.57. The fraction of sp³-hybridized carbons (Fsp3) is 0.381. The lowest BCUT2D eigenvalue weighted by molar-refractivity contribution is 0.103. The first-order chi connectivity index (χ1) is 13.1. The van der Waals surface area contributed by atoms with E-state index in [-0.39, 0.29) is 11.3 Å². The number of carbonyl (C=O) groups excluding carboxylic acids is 1. The number of fused-ring (bicyclic) bond motifs is 1. The highest BCUT2D eigenvalue weighted by Crippen LogP contribution is 2.31. The summed E-state index contributed by atoms with van der Waals surface area (Å²) < 4.78 is 21.6. The predicted octanol–water partition coefficient (Wildman–Crippen LogP) is 4.49. The molecule has 0 saturated carbocycles. The normalized spacial score (nSPS) is 14.9. The van der Waals surface area contributed by atoms with E-state index >= 15 is 0 Å². The number of halogens is 1. The summed E-state index contributed by atoms with van der Waals surface area (Å²) >= 11 is 1.45. The molecule has 3 heterocycles. The summed E-state index contributed by atoms with van der Waals surface area (Å²) in [6, 6.07) is 8.35. The van der Waals surface area contributed by atoms with Gasteiger partial charge in [0.05, 0.1) is 17.6 Å². The lowest BCUT2D eigenvalue weighted by Gasteiger charge is -2.16. The van der Waals surface area contributed by atoms with Crippen LogP contribution in [0.2, 0.25) is 0 Å². The quantitative estimate of drug-likeness (QED) is 0.586. The minimum atomic E-state index is -0.550. The molecule has 1 saturated heterocycles. The van der Waals surface area contributed by atoms with E-state index in [1.807, 2.05) is 6.07 Å². The zero-order chi connectivity index (χ0) is 19.0. The first kappa shape index (κ1) is 18.2. The molecule has 0 radical (unpaired) electrons. The highest BCUT2D eigenvalue weighted by Gasteiger charge is 2.20. The highest BCUT2D eigenvalue weighted by molar-refractivity contribution is 7.20. The van der Waals surface area contributed by atoms with Gasteiger partial charge in [-0.15, -0.1) is 11.3 Å². The molecule has 4 rings (SSSR count). The molecule has 0 unspecified atom stereocenters. The zero-order valence-electron chi connectivity index (χ0n) is 15.6. The van der Waals surface area contributed by atoms with Crippen LogP contribution in [-0.4, -0.2) is 42.0 Å². The Morgan fingerprint density at radius 1 is 1.19 bits per heavy atom. The van der Waals surface area contributed by atoms with Crippen LogP contribution in [0.1, 0.15) is 33.8 Å². The van der Waals surface area contributed by atoms with Gasteiger partial charge in [-0.05, 0) is 57.1 Å². The summed E-state index contributed by atoms with van der Waals surface area (Å²) in [7, 11) is 1.48. The molecule has 0 bridgehead atoms. The van der Waals surface area contributed by atoms with E-state index in [1.54, 1.807) is 6.07 Å². The lowest BCUT2D eigenvalue weighted by Crippen LogP contribution is -2.24. The van der Waals surface area contributed by atoms with E-state index in [1.165, 1.54) is 62.2 Å². The van der Waals surface area contributed by atoms with Gasteiger partial charge in [0.15, 0.2) is 0 Å². The molecule has 1 aromatic carbocycles. The molecule has 27 heavy (non-hydrogen) atoms. The van der Waals surface area contributed by atoms with Crippen molar-refractivity contribution in [2.24, 2.45) is 0 Å². The van der Waals surface area contributed by atoms with E-state index in [9.17, 15) is 9.18 Å². The fourth-order valence-electron chi connectivity index (χ4n) is 3.75. The zero-order valence-corrected chi connectivity index (χ0v) is 16.4. The fourth-order valence-corrected chi connectivity index (χ4v) is 4.93. The van der Waals surface area contributed by atoms with Gasteiger partial charge in [-0.25, -0.2) is 4.39 Å². The number of thiophene rings is 1. The standard InChI is InChI=1S/C21H23FN2O2S/c1-14-11-15-12-19(20(25)17-6-5-16(26-2)13-18(17)22)27-21(15)24(14)10-9-23-7-3-4-8-23/h5-6,11-13H,3-4,7-10H2,1-2H3. The minimum Gasteiger partial charge on any atom is -0.497 e. The molecule has 142 valence electrons. The summed E-state index contributed by atoms with van der Waals surface area (Å²) in [5.41, 5.74) is 1.28. The molecule has 2 aromatic heterocycles. The largest absolute Gasteiger partial charge is 0.497 e. The van der Waals surface area contributed by atoms with Gasteiger partial charge in [-0.2, -0.15) is 0 Å². The molecule has 0 atom stereocenters. The van der Waals surface area contributed by atoms with Crippen LogP contribution in [0.4, 0.5) is 4.39 Å². The summed E-state index contributed by atoms with van der Waals surface area (Å²) in [6.45, 7) is 6.39. The van der Waals surface area contributed by atoms with Crippen LogP contribution in [0.15, 0.2) is 30.3 Å². The molecule has 1 aliphatic heterocycles. The van der Waals surface area contributed by atoms with Crippen molar-refractivity contribution >= 4 is 27.3 Å². The van der Waals surface area contributed by atoms with E-state index in [0.29, 0.717) is 10.6 Å². The number of rotatable bonds is 6. The van der Waals surface area contributed by atoms with Crippen LogP contribution in [0, 0.1) is 12.7 Å². The molecule has 0 amide bonds. The van der Waals surface area contributed by atoms with E-state index in [4.69, 9.17) is 4.74 Å². The number of hydrogen-bond acceptors (Lipinski definition) is 4. The van der Waals surface area contributed by atoms with Gasteiger partial charge < -0.3 is 14.2 Å². The topological polar surface area (TPSA) is 34.5 Å². The molecule has 6 heteroatoms. The van der Waals surface area contributed by atoms with Gasteiger partial charge >= 0.3 is 0 Å². The van der Waals surface area contributed by atoms with Gasteiger partial charge in [-0.3, -0.25) is 4.79 Å². The van der Waals surface area contributed by atoms with Crippen molar-refractivity contribution in [2.45, 2.75) is 26.3 Å². The van der Waals surface area contributed by atoms with Crippen molar-refractivity contribution in [1.29, 1.82) is 0 Å². The van der Waals surface area contributed by atoms with Crippen LogP contribution in [-0.2, 0) is 6.54 Å². The molecule has 0 N–H and O–H groups in total. The average Bonchev–Trinajstić information content (AvgIpc) is 3.36. The summed E-state index contributed by atoms with van der Waals surface area (Å²) in [4.78, 5) is 16.9. The van der Waals surface area contributed by atoms with Gasteiger partial charge in [-0.1, -0.05) is 0 Å². The third-order valence-corrected chi connectivity index (χ3v) is 6.43. The highest BCUT2D eigenvalue weighted by atomic mass is 32.1. The Kier molecular flexibility index (Phi) is 5.02. The number of aromatic nitrogens is 1. The second-order valence-electron chi connectivity index (χ2n) is 7.03. The lowest BCUT2D eigenvalue weighted by atomic mass is 10.1. The molecule has 1 fully saturated rings. The number of likely N-dealkylation sites (tertiary alicyclic amines) is 1. The van der Waals surface area contributed by atoms with E-state index in [2.05, 4.69) is 22.5 Å². The number of hydrogen-bond donors (Lipinski definition) is 0. The molecule has 0 spiro atoms.